The zero-order chi connectivity index (χ0) is 23.8. The first-order chi connectivity index (χ1) is 15.7. The van der Waals surface area contributed by atoms with Crippen LogP contribution in [-0.4, -0.2) is 38.9 Å². The van der Waals surface area contributed by atoms with Gasteiger partial charge < -0.3 is 0 Å². The molecule has 4 rings (SSSR count). The molecular formula is C25H20ClF2NO3S. The topological polar surface area (TPSA) is 54.5 Å². The van der Waals surface area contributed by atoms with E-state index < -0.39 is 21.5 Å². The highest BCUT2D eigenvalue weighted by Crippen LogP contribution is 2.38. The lowest BCUT2D eigenvalue weighted by molar-refractivity contribution is 0.112. The van der Waals surface area contributed by atoms with Gasteiger partial charge in [0, 0.05) is 36.0 Å². The van der Waals surface area contributed by atoms with Crippen molar-refractivity contribution in [2.24, 2.45) is 0 Å². The molecule has 0 aromatic heterocycles. The Balaban J connectivity index is 1.74. The second kappa shape index (κ2) is 9.17. The van der Waals surface area contributed by atoms with E-state index in [4.69, 9.17) is 11.6 Å². The zero-order valence-electron chi connectivity index (χ0n) is 17.6. The third-order valence-electron chi connectivity index (χ3n) is 5.54. The number of nitrogens with zero attached hydrogens (tertiary/aromatic N) is 1. The molecule has 3 aromatic carbocycles. The maximum atomic E-state index is 13.8. The largest absolute Gasteiger partial charge is 0.298 e. The van der Waals surface area contributed by atoms with E-state index in [0.717, 1.165) is 35.8 Å². The van der Waals surface area contributed by atoms with E-state index in [0.29, 0.717) is 35.3 Å². The number of hydrogen-bond acceptors (Lipinski definition) is 4. The molecule has 1 heterocycles. The summed E-state index contributed by atoms with van der Waals surface area (Å²) in [5.41, 5.74) is 2.98. The third-order valence-corrected chi connectivity index (χ3v) is 7.06. The fraction of sp³-hybridized carbons (Fsp3) is 0.160. The number of sulfone groups is 1. The second-order valence-electron chi connectivity index (χ2n) is 8.01. The van der Waals surface area contributed by atoms with Crippen molar-refractivity contribution in [3.05, 3.63) is 111 Å². The SMILES string of the molecule is CS(=O)(=O)C(=C1CN(C(c2ccc(Cl)cc2)c2ccc(C=O)cc2)C1)c1cc(F)cc(F)c1. The molecule has 0 bridgehead atoms. The molecule has 0 amide bonds. The third kappa shape index (κ3) is 5.05. The predicted octanol–water partition coefficient (Wildman–Crippen LogP) is 5.29. The van der Waals surface area contributed by atoms with Crippen molar-refractivity contribution < 1.29 is 22.0 Å². The molecule has 0 spiro atoms. The Morgan fingerprint density at radius 3 is 1.94 bits per heavy atom. The Morgan fingerprint density at radius 1 is 0.939 bits per heavy atom. The first-order valence-corrected chi connectivity index (χ1v) is 12.4. The quantitative estimate of drug-likeness (QED) is 0.443. The van der Waals surface area contributed by atoms with Crippen molar-refractivity contribution in [1.29, 1.82) is 0 Å². The minimum atomic E-state index is -3.74. The van der Waals surface area contributed by atoms with Crippen LogP contribution in [0.1, 0.15) is 33.1 Å². The van der Waals surface area contributed by atoms with Crippen molar-refractivity contribution in [2.75, 3.05) is 19.3 Å². The van der Waals surface area contributed by atoms with Gasteiger partial charge in [-0.05, 0) is 46.5 Å². The van der Waals surface area contributed by atoms with Gasteiger partial charge in [-0.25, -0.2) is 17.2 Å². The van der Waals surface area contributed by atoms with Crippen molar-refractivity contribution in [3.63, 3.8) is 0 Å². The van der Waals surface area contributed by atoms with E-state index in [-0.39, 0.29) is 16.5 Å². The summed E-state index contributed by atoms with van der Waals surface area (Å²) in [6.45, 7) is 0.590. The summed E-state index contributed by atoms with van der Waals surface area (Å²) in [4.78, 5) is 13.0. The number of benzene rings is 3. The van der Waals surface area contributed by atoms with Crippen LogP contribution in [0.4, 0.5) is 8.78 Å². The Kier molecular flexibility index (Phi) is 6.47. The molecule has 8 heteroatoms. The van der Waals surface area contributed by atoms with Crippen LogP contribution in [0.5, 0.6) is 0 Å². The van der Waals surface area contributed by atoms with Gasteiger partial charge in [0.1, 0.15) is 17.9 Å². The van der Waals surface area contributed by atoms with E-state index in [1.807, 2.05) is 24.3 Å². The van der Waals surface area contributed by atoms with E-state index in [1.54, 1.807) is 24.3 Å². The van der Waals surface area contributed by atoms with Gasteiger partial charge in [-0.15, -0.1) is 0 Å². The van der Waals surface area contributed by atoms with Crippen LogP contribution < -0.4 is 0 Å². The molecule has 0 aliphatic carbocycles. The number of hydrogen-bond donors (Lipinski definition) is 0. The van der Waals surface area contributed by atoms with Crippen LogP contribution in [0.3, 0.4) is 0 Å². The number of rotatable bonds is 6. The summed E-state index contributed by atoms with van der Waals surface area (Å²) < 4.78 is 52.7. The minimum Gasteiger partial charge on any atom is -0.298 e. The number of likely N-dealkylation sites (tertiary alicyclic amines) is 1. The normalized spacial score (nSPS) is 15.1. The van der Waals surface area contributed by atoms with Crippen molar-refractivity contribution in [3.8, 4) is 0 Å². The van der Waals surface area contributed by atoms with Gasteiger partial charge in [0.15, 0.2) is 9.84 Å². The Bertz CT molecular complexity index is 1310. The van der Waals surface area contributed by atoms with E-state index in [1.165, 1.54) is 0 Å². The summed E-state index contributed by atoms with van der Waals surface area (Å²) in [6.07, 6.45) is 1.80. The smallest absolute Gasteiger partial charge is 0.176 e. The molecule has 1 fully saturated rings. The fourth-order valence-electron chi connectivity index (χ4n) is 4.15. The van der Waals surface area contributed by atoms with E-state index >= 15 is 0 Å². The zero-order valence-corrected chi connectivity index (χ0v) is 19.2. The molecule has 1 saturated heterocycles. The molecule has 0 saturated carbocycles. The number of carbonyl (C=O) groups excluding carboxylic acids is 1. The maximum Gasteiger partial charge on any atom is 0.176 e. The summed E-state index contributed by atoms with van der Waals surface area (Å²) in [6, 6.07) is 17.0. The predicted molar refractivity (Wildman–Crippen MR) is 125 cm³/mol. The molecule has 1 unspecified atom stereocenters. The van der Waals surface area contributed by atoms with E-state index in [9.17, 15) is 22.0 Å². The second-order valence-corrected chi connectivity index (χ2v) is 10.4. The maximum absolute atomic E-state index is 13.8. The monoisotopic (exact) mass is 487 g/mol. The van der Waals surface area contributed by atoms with Crippen LogP contribution in [0.15, 0.2) is 72.3 Å². The highest BCUT2D eigenvalue weighted by Gasteiger charge is 2.34. The molecule has 170 valence electrons. The first kappa shape index (κ1) is 23.3. The molecule has 33 heavy (non-hydrogen) atoms. The standard InChI is InChI=1S/C25H20ClF2NO3S/c1-33(31,32)25(19-10-22(27)12-23(28)11-19)20-13-29(14-20)24(18-6-8-21(26)9-7-18)17-4-2-16(15-30)3-5-17/h2-12,15,24H,13-14H2,1H3. The molecule has 0 radical (unpaired) electrons. The molecule has 1 aliphatic heterocycles. The lowest BCUT2D eigenvalue weighted by Gasteiger charge is -2.42. The number of aldehydes is 1. The van der Waals surface area contributed by atoms with Gasteiger partial charge in [0.05, 0.1) is 10.9 Å². The average Bonchev–Trinajstić information content (AvgIpc) is 2.72. The van der Waals surface area contributed by atoms with Gasteiger partial charge in [-0.3, -0.25) is 9.69 Å². The van der Waals surface area contributed by atoms with Crippen LogP contribution in [-0.2, 0) is 9.84 Å². The van der Waals surface area contributed by atoms with Crippen LogP contribution in [0.25, 0.3) is 4.91 Å². The Morgan fingerprint density at radius 2 is 1.45 bits per heavy atom. The minimum absolute atomic E-state index is 0.00280. The molecule has 4 nitrogen and oxygen atoms in total. The highest BCUT2D eigenvalue weighted by atomic mass is 35.5. The lowest BCUT2D eigenvalue weighted by Crippen LogP contribution is -2.44. The molecule has 3 aromatic rings. The Labute approximate surface area is 196 Å². The van der Waals surface area contributed by atoms with Crippen LogP contribution >= 0.6 is 11.6 Å². The molecule has 0 N–H and O–H groups in total. The summed E-state index contributed by atoms with van der Waals surface area (Å²) in [7, 11) is -3.74. The highest BCUT2D eigenvalue weighted by molar-refractivity contribution is 8.00. The lowest BCUT2D eigenvalue weighted by atomic mass is 9.91. The van der Waals surface area contributed by atoms with Crippen molar-refractivity contribution in [2.45, 2.75) is 6.04 Å². The van der Waals surface area contributed by atoms with Gasteiger partial charge in [-0.2, -0.15) is 0 Å². The van der Waals surface area contributed by atoms with Gasteiger partial charge in [0.2, 0.25) is 0 Å². The molecule has 1 atom stereocenters. The van der Waals surface area contributed by atoms with Crippen LogP contribution in [0.2, 0.25) is 5.02 Å². The van der Waals surface area contributed by atoms with Crippen molar-refractivity contribution in [1.82, 2.24) is 4.90 Å². The van der Waals surface area contributed by atoms with Crippen LogP contribution in [0, 0.1) is 11.6 Å². The number of carbonyl (C=O) groups is 1. The van der Waals surface area contributed by atoms with Gasteiger partial charge >= 0.3 is 0 Å². The Hall–Kier alpha value is -2.87. The van der Waals surface area contributed by atoms with Gasteiger partial charge in [0.25, 0.3) is 0 Å². The summed E-state index contributed by atoms with van der Waals surface area (Å²) in [5, 5.41) is 0.588. The van der Waals surface area contributed by atoms with Gasteiger partial charge in [-0.1, -0.05) is 48.0 Å². The molecule has 1 aliphatic rings. The average molecular weight is 488 g/mol. The molecular weight excluding hydrogens is 468 g/mol. The van der Waals surface area contributed by atoms with Crippen molar-refractivity contribution >= 4 is 32.6 Å². The van der Waals surface area contributed by atoms with E-state index in [2.05, 4.69) is 4.90 Å². The number of halogens is 3. The summed E-state index contributed by atoms with van der Waals surface area (Å²) in [5.74, 6) is -1.67. The first-order valence-electron chi connectivity index (χ1n) is 10.1. The fourth-order valence-corrected chi connectivity index (χ4v) is 5.48. The summed E-state index contributed by atoms with van der Waals surface area (Å²) >= 11 is 6.05.